The quantitative estimate of drug-likeness (QED) is 0.354. The Labute approximate surface area is 198 Å². The Hall–Kier alpha value is -3.01. The summed E-state index contributed by atoms with van der Waals surface area (Å²) >= 11 is 0. The zero-order valence-corrected chi connectivity index (χ0v) is 19.7. The normalized spacial score (nSPS) is 22.7. The second kappa shape index (κ2) is 7.02. The molecule has 3 aromatic rings. The molecule has 0 radical (unpaired) electrons. The topological polar surface area (TPSA) is 78.3 Å². The van der Waals surface area contributed by atoms with Crippen LogP contribution in [0.15, 0.2) is 12.1 Å². The molecular formula is C25H24F5N3O2. The summed E-state index contributed by atoms with van der Waals surface area (Å²) in [5, 5.41) is 25.2. The van der Waals surface area contributed by atoms with Crippen LogP contribution in [0, 0.1) is 18.6 Å². The van der Waals surface area contributed by atoms with Crippen LogP contribution < -0.4 is 5.32 Å². The minimum Gasteiger partial charge on any atom is -0.507 e. The number of hydrogen-bond donors (Lipinski definition) is 3. The fourth-order valence-electron chi connectivity index (χ4n) is 5.71. The summed E-state index contributed by atoms with van der Waals surface area (Å²) in [6.07, 6.45) is -5.85. The van der Waals surface area contributed by atoms with Gasteiger partial charge in [0.25, 0.3) is 0 Å². The first-order valence-electron chi connectivity index (χ1n) is 11.2. The predicted molar refractivity (Wildman–Crippen MR) is 120 cm³/mol. The Bertz CT molecular complexity index is 1420. The van der Waals surface area contributed by atoms with Crippen molar-refractivity contribution in [1.29, 1.82) is 0 Å². The molecule has 0 amide bonds. The fraction of sp³-hybridized carbons (Fsp3) is 0.440. The number of rotatable bonds is 1. The standard InChI is InChI=1S/C25H24F5N3O2/c1-9(2)11-6-12-15-17(21(11)34)23(4,5)8-24(35,25(28,29)30)22(15)33-14-7-13(26)18(27)20-16(14)19(12)31-10(3)32-20/h6-7,9,22,33-35H,8H2,1-5H3. The van der Waals surface area contributed by atoms with Gasteiger partial charge >= 0.3 is 6.18 Å². The Morgan fingerprint density at radius 3 is 2.40 bits per heavy atom. The lowest BCUT2D eigenvalue weighted by atomic mass is 9.61. The molecule has 0 saturated carbocycles. The van der Waals surface area contributed by atoms with Gasteiger partial charge in [0.05, 0.1) is 17.1 Å². The predicted octanol–water partition coefficient (Wildman–Crippen LogP) is 6.15. The van der Waals surface area contributed by atoms with Crippen molar-refractivity contribution in [2.24, 2.45) is 0 Å². The van der Waals surface area contributed by atoms with Gasteiger partial charge in [-0.2, -0.15) is 13.2 Å². The van der Waals surface area contributed by atoms with E-state index in [1.165, 1.54) is 26.8 Å². The third-order valence-corrected chi connectivity index (χ3v) is 7.17. The first kappa shape index (κ1) is 23.7. The fourth-order valence-corrected chi connectivity index (χ4v) is 5.71. The van der Waals surface area contributed by atoms with Crippen molar-refractivity contribution in [2.45, 2.75) is 70.2 Å². The third-order valence-electron chi connectivity index (χ3n) is 7.17. The Kier molecular flexibility index (Phi) is 4.76. The minimum atomic E-state index is -5.08. The number of nitrogens with zero attached hydrogens (tertiary/aromatic N) is 2. The van der Waals surface area contributed by atoms with E-state index in [1.807, 2.05) is 13.8 Å². The van der Waals surface area contributed by atoms with Crippen molar-refractivity contribution in [3.05, 3.63) is 46.3 Å². The van der Waals surface area contributed by atoms with Crippen LogP contribution in [0.3, 0.4) is 0 Å². The van der Waals surface area contributed by atoms with Gasteiger partial charge in [-0.1, -0.05) is 27.7 Å². The van der Waals surface area contributed by atoms with Crippen molar-refractivity contribution < 1.29 is 32.2 Å². The number of aryl methyl sites for hydroxylation is 1. The Balaban J connectivity index is 2.04. The van der Waals surface area contributed by atoms with Gasteiger partial charge in [-0.05, 0) is 41.9 Å². The monoisotopic (exact) mass is 493 g/mol. The summed E-state index contributed by atoms with van der Waals surface area (Å²) in [6.45, 7) is 8.18. The number of phenolic OH excluding ortho intramolecular Hbond substituents is 1. The van der Waals surface area contributed by atoms with Gasteiger partial charge in [0, 0.05) is 22.9 Å². The number of anilines is 1. The smallest absolute Gasteiger partial charge is 0.419 e. The molecule has 1 aliphatic heterocycles. The van der Waals surface area contributed by atoms with Crippen LogP contribution in [-0.2, 0) is 5.41 Å². The zero-order valence-electron chi connectivity index (χ0n) is 19.7. The largest absolute Gasteiger partial charge is 0.507 e. The number of phenols is 1. The maximum absolute atomic E-state index is 14.9. The summed E-state index contributed by atoms with van der Waals surface area (Å²) < 4.78 is 72.9. The summed E-state index contributed by atoms with van der Waals surface area (Å²) in [7, 11) is 0. The molecule has 3 N–H and O–H groups in total. The van der Waals surface area contributed by atoms with Crippen LogP contribution in [0.1, 0.15) is 68.6 Å². The molecule has 2 aliphatic rings. The highest BCUT2D eigenvalue weighted by Gasteiger charge is 2.65. The van der Waals surface area contributed by atoms with Gasteiger partial charge in [-0.3, -0.25) is 0 Å². The molecule has 10 heteroatoms. The second-order valence-corrected chi connectivity index (χ2v) is 10.4. The number of hydrogen-bond acceptors (Lipinski definition) is 5. The number of alkyl halides is 3. The number of aliphatic hydroxyl groups is 1. The van der Waals surface area contributed by atoms with Crippen LogP contribution in [-0.4, -0.2) is 32.0 Å². The lowest BCUT2D eigenvalue weighted by molar-refractivity contribution is -0.275. The number of aromatic nitrogens is 2. The summed E-state index contributed by atoms with van der Waals surface area (Å²) in [6, 6.07) is 0.462. The first-order chi connectivity index (χ1) is 16.1. The van der Waals surface area contributed by atoms with Crippen molar-refractivity contribution in [3.63, 3.8) is 0 Å². The van der Waals surface area contributed by atoms with Crippen molar-refractivity contribution in [2.75, 3.05) is 5.32 Å². The van der Waals surface area contributed by atoms with Gasteiger partial charge in [0.15, 0.2) is 17.2 Å². The van der Waals surface area contributed by atoms with Crippen LogP contribution in [0.4, 0.5) is 27.6 Å². The number of benzene rings is 2. The van der Waals surface area contributed by atoms with Gasteiger partial charge in [-0.25, -0.2) is 18.7 Å². The highest BCUT2D eigenvalue weighted by atomic mass is 19.4. The molecule has 5 nitrogen and oxygen atoms in total. The maximum atomic E-state index is 14.9. The van der Waals surface area contributed by atoms with E-state index in [4.69, 9.17) is 0 Å². The molecule has 5 rings (SSSR count). The van der Waals surface area contributed by atoms with E-state index in [9.17, 15) is 32.2 Å². The van der Waals surface area contributed by atoms with Crippen LogP contribution in [0.5, 0.6) is 5.75 Å². The lowest BCUT2D eigenvalue weighted by Gasteiger charge is -2.49. The van der Waals surface area contributed by atoms with Crippen molar-refractivity contribution in [3.8, 4) is 17.0 Å². The third kappa shape index (κ3) is 3.08. The van der Waals surface area contributed by atoms with Crippen LogP contribution in [0.2, 0.25) is 0 Å². The molecule has 35 heavy (non-hydrogen) atoms. The summed E-state index contributed by atoms with van der Waals surface area (Å²) in [5.41, 5.74) is -4.13. The highest BCUT2D eigenvalue weighted by molar-refractivity contribution is 6.04. The first-order valence-corrected chi connectivity index (χ1v) is 11.2. The van der Waals surface area contributed by atoms with Crippen molar-refractivity contribution >= 4 is 16.6 Å². The molecule has 2 unspecified atom stereocenters. The maximum Gasteiger partial charge on any atom is 0.419 e. The number of aromatic hydroxyl groups is 1. The van der Waals surface area contributed by atoms with E-state index < -0.39 is 41.3 Å². The molecule has 1 aromatic heterocycles. The minimum absolute atomic E-state index is 0.000564. The van der Waals surface area contributed by atoms with E-state index in [-0.39, 0.29) is 56.5 Å². The molecule has 0 saturated heterocycles. The molecule has 1 aliphatic carbocycles. The van der Waals surface area contributed by atoms with Crippen molar-refractivity contribution in [1.82, 2.24) is 9.97 Å². The van der Waals surface area contributed by atoms with Crippen LogP contribution in [0.25, 0.3) is 22.2 Å². The molecule has 186 valence electrons. The highest BCUT2D eigenvalue weighted by Crippen LogP contribution is 2.60. The zero-order chi connectivity index (χ0) is 25.8. The molecule has 0 bridgehead atoms. The van der Waals surface area contributed by atoms with Gasteiger partial charge in [0.2, 0.25) is 0 Å². The molecule has 2 aromatic carbocycles. The molecule has 0 fully saturated rings. The SMILES string of the molecule is Cc1nc2c3c(cc(F)c(F)c3n1)NC1c3c-2cc(C(C)C)c(O)c3C(C)(C)CC1(O)C(F)(F)F. The molecule has 2 atom stereocenters. The lowest BCUT2D eigenvalue weighted by Crippen LogP contribution is -2.58. The summed E-state index contributed by atoms with van der Waals surface area (Å²) in [4.78, 5) is 8.47. The van der Waals surface area contributed by atoms with Gasteiger partial charge in [-0.15, -0.1) is 0 Å². The number of halogens is 5. The molecular weight excluding hydrogens is 469 g/mol. The van der Waals surface area contributed by atoms with E-state index in [2.05, 4.69) is 15.3 Å². The number of fused-ring (bicyclic) bond motifs is 1. The molecule has 2 heterocycles. The summed E-state index contributed by atoms with van der Waals surface area (Å²) in [5.74, 6) is -2.83. The van der Waals surface area contributed by atoms with Crippen LogP contribution >= 0.6 is 0 Å². The number of nitrogens with one attached hydrogen (secondary N) is 1. The average Bonchev–Trinajstić information content (AvgIpc) is 2.84. The Morgan fingerprint density at radius 2 is 1.80 bits per heavy atom. The van der Waals surface area contributed by atoms with Gasteiger partial charge < -0.3 is 15.5 Å². The second-order valence-electron chi connectivity index (χ2n) is 10.4. The van der Waals surface area contributed by atoms with Gasteiger partial charge in [0.1, 0.15) is 17.1 Å². The van der Waals surface area contributed by atoms with E-state index >= 15 is 0 Å². The average molecular weight is 493 g/mol. The Morgan fingerprint density at radius 1 is 1.14 bits per heavy atom. The molecule has 0 spiro atoms. The van der Waals surface area contributed by atoms with E-state index in [0.29, 0.717) is 5.56 Å². The van der Waals surface area contributed by atoms with E-state index in [1.54, 1.807) is 0 Å². The van der Waals surface area contributed by atoms with E-state index in [0.717, 1.165) is 6.07 Å².